The number of carbonyl (C=O) groups excluding carboxylic acids is 3. The molecule has 0 atom stereocenters. The van der Waals surface area contributed by atoms with E-state index in [0.717, 1.165) is 0 Å². The minimum atomic E-state index is -1.30. The third-order valence-corrected chi connectivity index (χ3v) is 5.56. The van der Waals surface area contributed by atoms with Crippen molar-refractivity contribution in [3.63, 3.8) is 0 Å². The zero-order chi connectivity index (χ0) is 13.4. The number of hydrogen-bond donors (Lipinski definition) is 2. The van der Waals surface area contributed by atoms with E-state index in [9.17, 15) is 14.4 Å². The van der Waals surface area contributed by atoms with E-state index in [2.05, 4.69) is 10.6 Å². The number of benzene rings is 1. The van der Waals surface area contributed by atoms with Crippen molar-refractivity contribution in [1.29, 1.82) is 0 Å². The number of hydrogen-bond acceptors (Lipinski definition) is 3. The van der Waals surface area contributed by atoms with E-state index in [4.69, 9.17) is 11.6 Å². The third-order valence-electron chi connectivity index (χ3n) is 2.04. The Hall–Kier alpha value is -1.08. The van der Waals surface area contributed by atoms with Gasteiger partial charge in [0.25, 0.3) is 0 Å². The summed E-state index contributed by atoms with van der Waals surface area (Å²) in [5, 5.41) is 5.12. The first-order chi connectivity index (χ1) is 8.69. The summed E-state index contributed by atoms with van der Waals surface area (Å²) in [5.74, 6) is -0.283. The Kier molecular flexibility index (Phi) is 6.74. The van der Waals surface area contributed by atoms with Crippen LogP contribution in [0.4, 0.5) is 5.69 Å². The van der Waals surface area contributed by atoms with Gasteiger partial charge in [0.05, 0.1) is 0 Å². The van der Waals surface area contributed by atoms with E-state index in [0.29, 0.717) is 22.2 Å². The summed E-state index contributed by atoms with van der Waals surface area (Å²) in [7, 11) is 0. The van der Waals surface area contributed by atoms with Gasteiger partial charge < -0.3 is 0 Å². The normalized spacial score (nSPS) is 9.61. The molecular weight excluding hydrogens is 362 g/mol. The van der Waals surface area contributed by atoms with Crippen molar-refractivity contribution in [1.82, 2.24) is 5.32 Å². The Morgan fingerprint density at radius 3 is 2.72 bits per heavy atom. The molecule has 0 aliphatic rings. The second-order valence-corrected chi connectivity index (χ2v) is 7.10. The molecule has 5 nitrogen and oxygen atoms in total. The van der Waals surface area contributed by atoms with Crippen molar-refractivity contribution in [3.05, 3.63) is 29.8 Å². The Morgan fingerprint density at radius 1 is 1.33 bits per heavy atom. The molecule has 2 amide bonds. The van der Waals surface area contributed by atoms with Gasteiger partial charge in [0.1, 0.15) is 0 Å². The molecule has 0 saturated carbocycles. The molecule has 0 unspecified atom stereocenters. The van der Waals surface area contributed by atoms with Gasteiger partial charge in [-0.1, -0.05) is 0 Å². The van der Waals surface area contributed by atoms with Gasteiger partial charge in [-0.3, -0.25) is 0 Å². The van der Waals surface area contributed by atoms with Gasteiger partial charge in [0.2, 0.25) is 0 Å². The molecular formula is C11H11ClN2O3Sn. The van der Waals surface area contributed by atoms with Crippen LogP contribution in [0.25, 0.3) is 0 Å². The summed E-state index contributed by atoms with van der Waals surface area (Å²) in [6.45, 7) is 0. The van der Waals surface area contributed by atoms with Crippen LogP contribution in [-0.2, 0) is 9.59 Å². The second kappa shape index (κ2) is 8.10. The summed E-state index contributed by atoms with van der Waals surface area (Å²) in [5.41, 5.74) is 0.821. The molecule has 0 heterocycles. The predicted molar refractivity (Wildman–Crippen MR) is 69.9 cm³/mol. The molecule has 0 aromatic heterocycles. The molecule has 2 radical (unpaired) electrons. The van der Waals surface area contributed by atoms with Crippen molar-refractivity contribution in [3.8, 4) is 0 Å². The fourth-order valence-electron chi connectivity index (χ4n) is 1.24. The second-order valence-electron chi connectivity index (χ2n) is 3.22. The van der Waals surface area contributed by atoms with Crippen LogP contribution >= 0.6 is 11.6 Å². The summed E-state index contributed by atoms with van der Waals surface area (Å²) >= 11 is 4.08. The summed E-state index contributed by atoms with van der Waals surface area (Å²) < 4.78 is 0.434. The molecule has 1 aromatic rings. The minimum absolute atomic E-state index is 0.0192. The monoisotopic (exact) mass is 374 g/mol. The van der Waals surface area contributed by atoms with Crippen LogP contribution in [0.2, 0.25) is 0 Å². The number of nitrogens with one attached hydrogen (secondary N) is 2. The average Bonchev–Trinajstić information content (AvgIpc) is 2.39. The Labute approximate surface area is 119 Å². The van der Waals surface area contributed by atoms with E-state index >= 15 is 0 Å². The number of carbonyl (C=O) groups is 3. The van der Waals surface area contributed by atoms with Gasteiger partial charge in [-0.15, -0.1) is 0 Å². The van der Waals surface area contributed by atoms with Crippen LogP contribution < -0.4 is 10.6 Å². The topological polar surface area (TPSA) is 75.3 Å². The summed E-state index contributed by atoms with van der Waals surface area (Å²) in [6, 6.07) is 6.66. The van der Waals surface area contributed by atoms with Crippen LogP contribution in [0.5, 0.6) is 0 Å². The first-order valence-electron chi connectivity index (χ1n) is 5.09. The van der Waals surface area contributed by atoms with E-state index in [1.165, 1.54) is 0 Å². The molecule has 94 valence electrons. The van der Waals surface area contributed by atoms with E-state index in [1.54, 1.807) is 24.3 Å². The molecule has 1 aromatic carbocycles. The molecule has 7 heteroatoms. The maximum atomic E-state index is 11.8. The summed E-state index contributed by atoms with van der Waals surface area (Å²) in [6.07, 6.45) is 0.514. The summed E-state index contributed by atoms with van der Waals surface area (Å²) in [4.78, 5) is 33.3. The zero-order valence-corrected chi connectivity index (χ0v) is 13.0. The van der Waals surface area contributed by atoms with Crippen LogP contribution in [0.1, 0.15) is 10.4 Å². The van der Waals surface area contributed by atoms with E-state index < -0.39 is 21.1 Å². The number of halogens is 1. The van der Waals surface area contributed by atoms with Crippen molar-refractivity contribution in [2.45, 2.75) is 0 Å². The van der Waals surface area contributed by atoms with Crippen LogP contribution in [0.15, 0.2) is 24.3 Å². The number of alkyl halides is 1. The van der Waals surface area contributed by atoms with Crippen molar-refractivity contribution >= 4 is 54.5 Å². The standard InChI is InChI=1S/C9H9N2O2.C2H2ClO.Sn/c1-10-9(13)7-4-2-3-5-8(7)11-6-12;3-1-2-4;/h2-6H,1H2,(H,10,13)(H,11,12);1H2;. The number of amides is 2. The van der Waals surface area contributed by atoms with Gasteiger partial charge >= 0.3 is 120 Å². The zero-order valence-electron chi connectivity index (χ0n) is 9.40. The number of anilines is 1. The third kappa shape index (κ3) is 4.65. The SMILES string of the molecule is O=CNc1ccccc1C(=O)N[CH2][Sn][C](=O)CCl. The van der Waals surface area contributed by atoms with Gasteiger partial charge in [0.15, 0.2) is 0 Å². The fourth-order valence-corrected chi connectivity index (χ4v) is 3.41. The first-order valence-corrected chi connectivity index (χ1v) is 9.07. The van der Waals surface area contributed by atoms with Gasteiger partial charge in [-0.2, -0.15) is 0 Å². The number of rotatable bonds is 7. The quantitative estimate of drug-likeness (QED) is 0.413. The van der Waals surface area contributed by atoms with Crippen molar-refractivity contribution in [2.24, 2.45) is 0 Å². The van der Waals surface area contributed by atoms with Crippen LogP contribution in [0.3, 0.4) is 0 Å². The molecule has 0 aliphatic carbocycles. The predicted octanol–water partition coefficient (Wildman–Crippen LogP) is 0.412. The van der Waals surface area contributed by atoms with Gasteiger partial charge in [0, 0.05) is 0 Å². The van der Waals surface area contributed by atoms with Crippen LogP contribution in [0, 0.1) is 0 Å². The Balaban J connectivity index is 2.61. The Morgan fingerprint density at radius 2 is 2.06 bits per heavy atom. The van der Waals surface area contributed by atoms with Crippen molar-refractivity contribution in [2.75, 3.05) is 15.8 Å². The Bertz CT molecular complexity index is 454. The maximum absolute atomic E-state index is 11.8. The molecule has 0 fully saturated rings. The average molecular weight is 373 g/mol. The first kappa shape index (κ1) is 15.0. The van der Waals surface area contributed by atoms with E-state index in [1.807, 2.05) is 0 Å². The van der Waals surface area contributed by atoms with Crippen LogP contribution in [-0.4, -0.2) is 47.7 Å². The molecule has 2 N–H and O–H groups in total. The molecule has 1 rings (SSSR count). The fraction of sp³-hybridized carbons (Fsp3) is 0.182. The van der Waals surface area contributed by atoms with Gasteiger partial charge in [-0.05, 0) is 0 Å². The van der Waals surface area contributed by atoms with Gasteiger partial charge in [-0.25, -0.2) is 0 Å². The van der Waals surface area contributed by atoms with Crippen molar-refractivity contribution < 1.29 is 14.4 Å². The molecule has 0 spiro atoms. The molecule has 18 heavy (non-hydrogen) atoms. The molecule has 0 saturated heterocycles. The molecule has 0 aliphatic heterocycles. The van der Waals surface area contributed by atoms with E-state index in [-0.39, 0.29) is 15.6 Å². The molecule has 0 bridgehead atoms. The number of para-hydroxylation sites is 1.